The van der Waals surface area contributed by atoms with Gasteiger partial charge in [0, 0.05) is 16.1 Å². The molecule has 0 spiro atoms. The van der Waals surface area contributed by atoms with E-state index in [1.807, 2.05) is 24.3 Å². The van der Waals surface area contributed by atoms with Crippen LogP contribution in [0.2, 0.25) is 0 Å². The minimum Gasteiger partial charge on any atom is -0.349 e. The molecule has 0 aliphatic heterocycles. The summed E-state index contributed by atoms with van der Waals surface area (Å²) in [5, 5.41) is 3.05. The Labute approximate surface area is 106 Å². The second-order valence-corrected chi connectivity index (χ2v) is 5.15. The van der Waals surface area contributed by atoms with Gasteiger partial charge in [-0.1, -0.05) is 36.7 Å². The standard InChI is InChI=1S/C13H18BrNO/c1-4-12(9(2)3)15-13(16)10-5-7-11(14)8-6-10/h5-9,12H,4H2,1-3H3,(H,15,16). The molecule has 1 N–H and O–H groups in total. The zero-order valence-electron chi connectivity index (χ0n) is 9.96. The maximum absolute atomic E-state index is 11.9. The molecule has 0 aliphatic carbocycles. The Morgan fingerprint density at radius 3 is 2.31 bits per heavy atom. The Bertz CT molecular complexity index is 345. The summed E-state index contributed by atoms with van der Waals surface area (Å²) in [5.41, 5.74) is 0.710. The van der Waals surface area contributed by atoms with E-state index in [4.69, 9.17) is 0 Å². The van der Waals surface area contributed by atoms with E-state index in [1.165, 1.54) is 0 Å². The fourth-order valence-corrected chi connectivity index (χ4v) is 1.86. The zero-order chi connectivity index (χ0) is 12.1. The number of benzene rings is 1. The van der Waals surface area contributed by atoms with Gasteiger partial charge in [0.2, 0.25) is 0 Å². The second-order valence-electron chi connectivity index (χ2n) is 4.24. The maximum Gasteiger partial charge on any atom is 0.251 e. The van der Waals surface area contributed by atoms with Crippen molar-refractivity contribution in [2.45, 2.75) is 33.2 Å². The van der Waals surface area contributed by atoms with E-state index in [2.05, 4.69) is 42.0 Å². The van der Waals surface area contributed by atoms with Crippen molar-refractivity contribution in [1.29, 1.82) is 0 Å². The van der Waals surface area contributed by atoms with Gasteiger partial charge in [-0.05, 0) is 36.6 Å². The molecule has 0 bridgehead atoms. The minimum absolute atomic E-state index is 0.00745. The third kappa shape index (κ3) is 3.63. The first kappa shape index (κ1) is 13.2. The van der Waals surface area contributed by atoms with Crippen molar-refractivity contribution in [3.63, 3.8) is 0 Å². The summed E-state index contributed by atoms with van der Waals surface area (Å²) in [5.74, 6) is 0.470. The van der Waals surface area contributed by atoms with Crippen LogP contribution in [0, 0.1) is 5.92 Å². The molecule has 0 saturated heterocycles. The molecule has 0 heterocycles. The molecule has 1 rings (SSSR count). The lowest BCUT2D eigenvalue weighted by atomic mass is 10.0. The van der Waals surface area contributed by atoms with Gasteiger partial charge in [-0.15, -0.1) is 0 Å². The van der Waals surface area contributed by atoms with Crippen LogP contribution in [0.5, 0.6) is 0 Å². The van der Waals surface area contributed by atoms with Gasteiger partial charge in [-0.25, -0.2) is 0 Å². The molecule has 88 valence electrons. The van der Waals surface area contributed by atoms with Gasteiger partial charge in [0.25, 0.3) is 5.91 Å². The third-order valence-electron chi connectivity index (χ3n) is 2.67. The van der Waals surface area contributed by atoms with Crippen LogP contribution in [0.15, 0.2) is 28.7 Å². The lowest BCUT2D eigenvalue weighted by molar-refractivity contribution is 0.0924. The van der Waals surface area contributed by atoms with Crippen molar-refractivity contribution >= 4 is 21.8 Å². The van der Waals surface area contributed by atoms with Crippen molar-refractivity contribution in [2.75, 3.05) is 0 Å². The van der Waals surface area contributed by atoms with E-state index in [1.54, 1.807) is 0 Å². The fraction of sp³-hybridized carbons (Fsp3) is 0.462. The highest BCUT2D eigenvalue weighted by Crippen LogP contribution is 2.12. The van der Waals surface area contributed by atoms with E-state index in [9.17, 15) is 4.79 Å². The van der Waals surface area contributed by atoms with Crippen molar-refractivity contribution in [1.82, 2.24) is 5.32 Å². The molecule has 1 atom stereocenters. The number of halogens is 1. The molecular weight excluding hydrogens is 266 g/mol. The summed E-state index contributed by atoms with van der Waals surface area (Å²) in [6.45, 7) is 6.33. The number of hydrogen-bond acceptors (Lipinski definition) is 1. The molecule has 1 aromatic rings. The van der Waals surface area contributed by atoms with Gasteiger partial charge >= 0.3 is 0 Å². The second kappa shape index (κ2) is 6.04. The SMILES string of the molecule is CCC(NC(=O)c1ccc(Br)cc1)C(C)C. The van der Waals surface area contributed by atoms with Gasteiger partial charge in [-0.3, -0.25) is 4.79 Å². The molecule has 16 heavy (non-hydrogen) atoms. The van der Waals surface area contributed by atoms with Gasteiger partial charge < -0.3 is 5.32 Å². The summed E-state index contributed by atoms with van der Waals surface area (Å²) in [7, 11) is 0. The first-order valence-electron chi connectivity index (χ1n) is 5.61. The quantitative estimate of drug-likeness (QED) is 0.899. The number of nitrogens with one attached hydrogen (secondary N) is 1. The van der Waals surface area contributed by atoms with Crippen LogP contribution in [0.3, 0.4) is 0 Å². The summed E-state index contributed by atoms with van der Waals surface area (Å²) in [6.07, 6.45) is 0.958. The highest BCUT2D eigenvalue weighted by Gasteiger charge is 2.14. The minimum atomic E-state index is 0.00745. The van der Waals surface area contributed by atoms with Crippen molar-refractivity contribution in [3.05, 3.63) is 34.3 Å². The molecule has 0 aromatic heterocycles. The van der Waals surface area contributed by atoms with E-state index < -0.39 is 0 Å². The van der Waals surface area contributed by atoms with Crippen LogP contribution in [0.25, 0.3) is 0 Å². The zero-order valence-corrected chi connectivity index (χ0v) is 11.5. The Kier molecular flexibility index (Phi) is 5.00. The topological polar surface area (TPSA) is 29.1 Å². The van der Waals surface area contributed by atoms with Gasteiger partial charge in [-0.2, -0.15) is 0 Å². The van der Waals surface area contributed by atoms with Crippen molar-refractivity contribution < 1.29 is 4.79 Å². The first-order valence-corrected chi connectivity index (χ1v) is 6.40. The average Bonchev–Trinajstić information content (AvgIpc) is 2.26. The molecule has 0 radical (unpaired) electrons. The highest BCUT2D eigenvalue weighted by atomic mass is 79.9. The van der Waals surface area contributed by atoms with E-state index in [-0.39, 0.29) is 11.9 Å². The normalized spacial score (nSPS) is 12.6. The monoisotopic (exact) mass is 283 g/mol. The molecule has 0 saturated carbocycles. The lowest BCUT2D eigenvalue weighted by Crippen LogP contribution is -2.37. The highest BCUT2D eigenvalue weighted by molar-refractivity contribution is 9.10. The number of carbonyl (C=O) groups excluding carboxylic acids is 1. The van der Waals surface area contributed by atoms with Crippen molar-refractivity contribution in [2.24, 2.45) is 5.92 Å². The molecule has 3 heteroatoms. The van der Waals surface area contributed by atoms with E-state index in [0.29, 0.717) is 11.5 Å². The smallest absolute Gasteiger partial charge is 0.251 e. The Balaban J connectivity index is 2.68. The number of rotatable bonds is 4. The predicted molar refractivity (Wildman–Crippen MR) is 70.5 cm³/mol. The molecular formula is C13H18BrNO. The van der Waals surface area contributed by atoms with Crippen LogP contribution >= 0.6 is 15.9 Å². The molecule has 1 aromatic carbocycles. The van der Waals surface area contributed by atoms with Gasteiger partial charge in [0.15, 0.2) is 0 Å². The van der Waals surface area contributed by atoms with Crippen LogP contribution < -0.4 is 5.32 Å². The lowest BCUT2D eigenvalue weighted by Gasteiger charge is -2.20. The van der Waals surface area contributed by atoms with Crippen LogP contribution in [0.1, 0.15) is 37.6 Å². The Morgan fingerprint density at radius 2 is 1.88 bits per heavy atom. The van der Waals surface area contributed by atoms with Gasteiger partial charge in [0.05, 0.1) is 0 Å². The molecule has 2 nitrogen and oxygen atoms in total. The summed E-state index contributed by atoms with van der Waals surface area (Å²) >= 11 is 3.35. The van der Waals surface area contributed by atoms with Gasteiger partial charge in [0.1, 0.15) is 0 Å². The molecule has 0 aliphatic rings. The largest absolute Gasteiger partial charge is 0.349 e. The summed E-state index contributed by atoms with van der Waals surface area (Å²) in [4.78, 5) is 11.9. The van der Waals surface area contributed by atoms with Crippen molar-refractivity contribution in [3.8, 4) is 0 Å². The van der Waals surface area contributed by atoms with E-state index in [0.717, 1.165) is 10.9 Å². The summed E-state index contributed by atoms with van der Waals surface area (Å²) < 4.78 is 0.986. The number of hydrogen-bond donors (Lipinski definition) is 1. The van der Waals surface area contributed by atoms with Crippen LogP contribution in [-0.4, -0.2) is 11.9 Å². The van der Waals surface area contributed by atoms with Crippen LogP contribution in [-0.2, 0) is 0 Å². The fourth-order valence-electron chi connectivity index (χ4n) is 1.59. The molecule has 1 amide bonds. The number of carbonyl (C=O) groups is 1. The average molecular weight is 284 g/mol. The Morgan fingerprint density at radius 1 is 1.31 bits per heavy atom. The molecule has 0 fully saturated rings. The first-order chi connectivity index (χ1) is 7.54. The Hall–Kier alpha value is -0.830. The summed E-state index contributed by atoms with van der Waals surface area (Å²) in [6, 6.07) is 7.66. The van der Waals surface area contributed by atoms with Crippen LogP contribution in [0.4, 0.5) is 0 Å². The van der Waals surface area contributed by atoms with E-state index >= 15 is 0 Å². The third-order valence-corrected chi connectivity index (χ3v) is 3.20. The molecule has 1 unspecified atom stereocenters. The number of amides is 1. The maximum atomic E-state index is 11.9. The predicted octanol–water partition coefficient (Wildman–Crippen LogP) is 3.61.